The molecule has 3 atom stereocenters. The molecule has 0 aromatic heterocycles. The van der Waals surface area contributed by atoms with Crippen LogP contribution in [0.4, 0.5) is 0 Å². The molecule has 0 aliphatic carbocycles. The molecule has 1 fully saturated rings. The predicted molar refractivity (Wildman–Crippen MR) is 117 cm³/mol. The van der Waals surface area contributed by atoms with Crippen LogP contribution in [0.25, 0.3) is 0 Å². The fraction of sp³-hybridized carbons (Fsp3) is 0.417. The molecule has 1 saturated heterocycles. The summed E-state index contributed by atoms with van der Waals surface area (Å²) in [4.78, 5) is 26.4. The summed E-state index contributed by atoms with van der Waals surface area (Å²) < 4.78 is 32.6. The van der Waals surface area contributed by atoms with Crippen molar-refractivity contribution < 1.29 is 48.2 Å². The fourth-order valence-electron chi connectivity index (χ4n) is 4.42. The molecule has 10 nitrogen and oxygen atoms in total. The lowest BCUT2D eigenvalue weighted by Gasteiger charge is -2.46. The summed E-state index contributed by atoms with van der Waals surface area (Å²) in [5, 5.41) is 21.6. The van der Waals surface area contributed by atoms with Crippen molar-refractivity contribution in [3.8, 4) is 28.7 Å². The Balaban J connectivity index is 1.94. The first kappa shape index (κ1) is 23.7. The van der Waals surface area contributed by atoms with Crippen molar-refractivity contribution in [1.82, 2.24) is 0 Å². The molecule has 0 amide bonds. The van der Waals surface area contributed by atoms with Crippen molar-refractivity contribution >= 4 is 11.8 Å². The molecular weight excluding hydrogens is 448 g/mol. The lowest BCUT2D eigenvalue weighted by molar-refractivity contribution is -0.289. The van der Waals surface area contributed by atoms with Crippen LogP contribution in [0.5, 0.6) is 28.7 Å². The number of carbonyl (C=O) groups is 2. The highest BCUT2D eigenvalue weighted by Gasteiger charge is 2.49. The lowest BCUT2D eigenvalue weighted by Crippen LogP contribution is -2.53. The zero-order chi connectivity index (χ0) is 24.8. The maximum atomic E-state index is 13.9. The number of methoxy groups -OCH3 is 4. The van der Waals surface area contributed by atoms with Crippen LogP contribution in [0, 0.1) is 0 Å². The average Bonchev–Trinajstić information content (AvgIpc) is 2.83. The number of aliphatic hydroxyl groups is 1. The Hall–Kier alpha value is -3.50. The number of fused-ring (bicyclic) bond motifs is 4. The number of hydrogen-bond donors (Lipinski definition) is 2. The van der Waals surface area contributed by atoms with Gasteiger partial charge in [-0.25, -0.2) is 4.79 Å². The summed E-state index contributed by atoms with van der Waals surface area (Å²) in [6.07, 6.45) is -0.696. The number of esters is 1. The second kappa shape index (κ2) is 8.69. The number of ketones is 1. The molecule has 2 aromatic rings. The lowest BCUT2D eigenvalue weighted by atomic mass is 9.88. The minimum atomic E-state index is -1.30. The fourth-order valence-corrected chi connectivity index (χ4v) is 4.42. The second-order valence-corrected chi connectivity index (χ2v) is 8.10. The van der Waals surface area contributed by atoms with E-state index in [2.05, 4.69) is 0 Å². The summed E-state index contributed by atoms with van der Waals surface area (Å²) in [6.45, 7) is 1.61. The van der Waals surface area contributed by atoms with Gasteiger partial charge in [-0.15, -0.1) is 0 Å². The van der Waals surface area contributed by atoms with E-state index < -0.39 is 35.5 Å². The summed E-state index contributed by atoms with van der Waals surface area (Å²) in [5.74, 6) is -2.66. The topological polar surface area (TPSA) is 130 Å². The van der Waals surface area contributed by atoms with Crippen molar-refractivity contribution in [3.63, 3.8) is 0 Å². The number of hydrogen-bond acceptors (Lipinski definition) is 10. The van der Waals surface area contributed by atoms with Crippen molar-refractivity contribution in [2.75, 3.05) is 28.4 Å². The molecule has 2 N–H and O–H groups in total. The van der Waals surface area contributed by atoms with Gasteiger partial charge in [0, 0.05) is 19.1 Å². The molecule has 34 heavy (non-hydrogen) atoms. The number of phenolic OH excluding ortho intramolecular Hbond substituents is 1. The SMILES string of the molecule is COC(=O)c1cc(OC)cc(OC)c1C(=O)c1c(OC)cc2c(c1O)[C@H]1CC[C@@H](O)[C@@](C)(O2)O1. The molecule has 0 radical (unpaired) electrons. The molecule has 2 heterocycles. The van der Waals surface area contributed by atoms with E-state index in [0.29, 0.717) is 12.8 Å². The summed E-state index contributed by atoms with van der Waals surface area (Å²) in [5.41, 5.74) is -0.175. The van der Waals surface area contributed by atoms with Crippen molar-refractivity contribution in [3.05, 3.63) is 40.5 Å². The van der Waals surface area contributed by atoms with Crippen molar-refractivity contribution in [2.45, 2.75) is 37.8 Å². The number of carbonyl (C=O) groups excluding carboxylic acids is 2. The first-order valence-electron chi connectivity index (χ1n) is 10.6. The third kappa shape index (κ3) is 3.59. The Morgan fingerprint density at radius 1 is 1.00 bits per heavy atom. The molecule has 0 saturated carbocycles. The van der Waals surface area contributed by atoms with Crippen LogP contribution in [-0.2, 0) is 9.47 Å². The predicted octanol–water partition coefficient (Wildman–Crippen LogP) is 2.76. The zero-order valence-electron chi connectivity index (χ0n) is 19.5. The van der Waals surface area contributed by atoms with Gasteiger partial charge >= 0.3 is 5.97 Å². The van der Waals surface area contributed by atoms with Crippen LogP contribution in [0.2, 0.25) is 0 Å². The molecule has 2 aliphatic rings. The van der Waals surface area contributed by atoms with Crippen LogP contribution in [-0.4, -0.2) is 62.3 Å². The first-order valence-corrected chi connectivity index (χ1v) is 10.6. The van der Waals surface area contributed by atoms with Gasteiger partial charge in [-0.3, -0.25) is 4.79 Å². The first-order chi connectivity index (χ1) is 16.2. The Labute approximate surface area is 195 Å². The molecular formula is C24H26O10. The number of phenols is 1. The van der Waals surface area contributed by atoms with Crippen LogP contribution >= 0.6 is 0 Å². The molecule has 182 valence electrons. The minimum absolute atomic E-state index is 0.00741. The van der Waals surface area contributed by atoms with Gasteiger partial charge in [0.1, 0.15) is 40.4 Å². The third-order valence-electron chi connectivity index (χ3n) is 6.20. The molecule has 2 bridgehead atoms. The maximum Gasteiger partial charge on any atom is 0.338 e. The monoisotopic (exact) mass is 474 g/mol. The highest BCUT2D eigenvalue weighted by atomic mass is 16.7. The van der Waals surface area contributed by atoms with Crippen molar-refractivity contribution in [2.24, 2.45) is 0 Å². The van der Waals surface area contributed by atoms with Gasteiger partial charge in [-0.05, 0) is 18.9 Å². The summed E-state index contributed by atoms with van der Waals surface area (Å²) >= 11 is 0. The van der Waals surface area contributed by atoms with Crippen LogP contribution in [0.15, 0.2) is 18.2 Å². The van der Waals surface area contributed by atoms with Crippen LogP contribution in [0.1, 0.15) is 57.7 Å². The number of aromatic hydroxyl groups is 1. The molecule has 2 aromatic carbocycles. The van der Waals surface area contributed by atoms with E-state index in [0.717, 1.165) is 0 Å². The molecule has 4 rings (SSSR count). The van der Waals surface area contributed by atoms with E-state index in [9.17, 15) is 19.8 Å². The van der Waals surface area contributed by atoms with Gasteiger partial charge in [-0.2, -0.15) is 0 Å². The van der Waals surface area contributed by atoms with Gasteiger partial charge in [0.15, 0.2) is 0 Å². The van der Waals surface area contributed by atoms with E-state index >= 15 is 0 Å². The summed E-state index contributed by atoms with van der Waals surface area (Å²) in [6, 6.07) is 4.26. The molecule has 2 aliphatic heterocycles. The zero-order valence-corrected chi connectivity index (χ0v) is 19.5. The van der Waals surface area contributed by atoms with Gasteiger partial charge in [0.2, 0.25) is 11.6 Å². The molecule has 0 spiro atoms. The standard InChI is InChI=1S/C24H26O10/c1-24-17(25)7-6-13(33-24)19-16(34-24)10-15(31-4)20(22(19)27)21(26)18-12(23(28)32-5)8-11(29-2)9-14(18)30-3/h8-10,13,17,25,27H,6-7H2,1-5H3/t13-,17-,24-/m1/s1. The second-order valence-electron chi connectivity index (χ2n) is 8.10. The Kier molecular flexibility index (Phi) is 6.05. The normalized spacial score (nSPS) is 22.8. The van der Waals surface area contributed by atoms with Gasteiger partial charge in [-0.1, -0.05) is 0 Å². The largest absolute Gasteiger partial charge is 0.506 e. The van der Waals surface area contributed by atoms with E-state index in [4.69, 9.17) is 28.4 Å². The maximum absolute atomic E-state index is 13.9. The summed E-state index contributed by atoms with van der Waals surface area (Å²) in [7, 11) is 5.26. The van der Waals surface area contributed by atoms with Gasteiger partial charge in [0.05, 0.1) is 51.2 Å². The van der Waals surface area contributed by atoms with E-state index in [1.54, 1.807) is 6.92 Å². The number of benzene rings is 2. The van der Waals surface area contributed by atoms with E-state index in [1.165, 1.54) is 46.6 Å². The van der Waals surface area contributed by atoms with Crippen LogP contribution < -0.4 is 18.9 Å². The smallest absolute Gasteiger partial charge is 0.338 e. The van der Waals surface area contributed by atoms with Crippen molar-refractivity contribution in [1.29, 1.82) is 0 Å². The Morgan fingerprint density at radius 3 is 2.29 bits per heavy atom. The van der Waals surface area contributed by atoms with Crippen LogP contribution in [0.3, 0.4) is 0 Å². The highest BCUT2D eigenvalue weighted by molar-refractivity contribution is 6.19. The molecule has 0 unspecified atom stereocenters. The average molecular weight is 474 g/mol. The Morgan fingerprint density at radius 2 is 1.68 bits per heavy atom. The van der Waals surface area contributed by atoms with E-state index in [1.807, 2.05) is 0 Å². The Bertz CT molecular complexity index is 1160. The van der Waals surface area contributed by atoms with Gasteiger partial charge < -0.3 is 38.6 Å². The third-order valence-corrected chi connectivity index (χ3v) is 6.20. The number of ether oxygens (including phenoxy) is 6. The minimum Gasteiger partial charge on any atom is -0.506 e. The van der Waals surface area contributed by atoms with E-state index in [-0.39, 0.29) is 45.3 Å². The number of aliphatic hydroxyl groups excluding tert-OH is 1. The highest BCUT2D eigenvalue weighted by Crippen LogP contribution is 2.53. The molecule has 10 heteroatoms. The number of rotatable bonds is 6. The quantitative estimate of drug-likeness (QED) is 0.476. The van der Waals surface area contributed by atoms with Gasteiger partial charge in [0.25, 0.3) is 0 Å².